The summed E-state index contributed by atoms with van der Waals surface area (Å²) in [5, 5.41) is 0. The molecule has 0 radical (unpaired) electrons. The first kappa shape index (κ1) is 24.7. The third kappa shape index (κ3) is 3.56. The summed E-state index contributed by atoms with van der Waals surface area (Å²) in [4.78, 5) is 5.73. The van der Waals surface area contributed by atoms with Crippen molar-refractivity contribution >= 4 is 0 Å². The lowest BCUT2D eigenvalue weighted by Crippen LogP contribution is -2.16. The number of fused-ring (bicyclic) bond motifs is 12. The van der Waals surface area contributed by atoms with E-state index in [1.807, 2.05) is 0 Å². The molecule has 5 aromatic carbocycles. The van der Waals surface area contributed by atoms with Crippen molar-refractivity contribution in [2.75, 3.05) is 0 Å². The second kappa shape index (κ2) is 9.37. The minimum absolute atomic E-state index is 1.05. The number of aryl methyl sites for hydroxylation is 6. The average Bonchev–Trinajstić information content (AvgIpc) is 3.09. The van der Waals surface area contributed by atoms with Crippen molar-refractivity contribution < 1.29 is 0 Å². The molecule has 0 amide bonds. The Morgan fingerprint density at radius 3 is 1.32 bits per heavy atom. The van der Waals surface area contributed by atoms with Gasteiger partial charge in [-0.2, -0.15) is 0 Å². The van der Waals surface area contributed by atoms with Gasteiger partial charge in [-0.1, -0.05) is 91.0 Å². The molecule has 6 aromatic rings. The van der Waals surface area contributed by atoms with Gasteiger partial charge in [-0.3, -0.25) is 0 Å². The van der Waals surface area contributed by atoms with Crippen molar-refractivity contribution in [2.45, 2.75) is 51.4 Å². The first-order valence-corrected chi connectivity index (χ1v) is 16.4. The zero-order valence-electron chi connectivity index (χ0n) is 24.9. The maximum atomic E-state index is 5.73. The Morgan fingerprint density at radius 1 is 0.341 bits per heavy atom. The molecule has 0 saturated heterocycles. The Hall–Kier alpha value is -4.75. The van der Waals surface area contributed by atoms with Gasteiger partial charge in [0.2, 0.25) is 0 Å². The summed E-state index contributed by atoms with van der Waals surface area (Å²) in [7, 11) is 0. The number of nitrogens with zero attached hydrogens (tertiary/aromatic N) is 1. The monoisotopic (exact) mass is 563 g/mol. The van der Waals surface area contributed by atoms with Gasteiger partial charge >= 0.3 is 0 Å². The van der Waals surface area contributed by atoms with Gasteiger partial charge in [0.05, 0.1) is 11.4 Å². The molecule has 10 rings (SSSR count). The lowest BCUT2D eigenvalue weighted by molar-refractivity contribution is 0.878. The molecule has 210 valence electrons. The van der Waals surface area contributed by atoms with E-state index in [2.05, 4.69) is 103 Å². The van der Waals surface area contributed by atoms with E-state index in [1.165, 1.54) is 100 Å². The quantitative estimate of drug-likeness (QED) is 0.194. The van der Waals surface area contributed by atoms with E-state index < -0.39 is 0 Å². The van der Waals surface area contributed by atoms with Crippen molar-refractivity contribution in [3.63, 3.8) is 0 Å². The van der Waals surface area contributed by atoms with Crippen LogP contribution in [0.15, 0.2) is 103 Å². The minimum Gasteiger partial charge on any atom is -0.247 e. The van der Waals surface area contributed by atoms with Gasteiger partial charge in [0.1, 0.15) is 0 Å². The van der Waals surface area contributed by atoms with Crippen LogP contribution in [0.2, 0.25) is 0 Å². The third-order valence-electron chi connectivity index (χ3n) is 10.9. The third-order valence-corrected chi connectivity index (χ3v) is 10.9. The maximum absolute atomic E-state index is 5.73. The van der Waals surface area contributed by atoms with E-state index in [-0.39, 0.29) is 0 Å². The van der Waals surface area contributed by atoms with Crippen molar-refractivity contribution in [1.29, 1.82) is 0 Å². The van der Waals surface area contributed by atoms with E-state index >= 15 is 0 Å². The molecule has 1 heterocycles. The van der Waals surface area contributed by atoms with Crippen molar-refractivity contribution in [3.8, 4) is 55.9 Å². The predicted octanol–water partition coefficient (Wildman–Crippen LogP) is 9.81. The topological polar surface area (TPSA) is 12.9 Å². The van der Waals surface area contributed by atoms with Crippen LogP contribution in [-0.4, -0.2) is 4.98 Å². The first-order valence-electron chi connectivity index (χ1n) is 16.4. The standard InChI is InChI=1S/C43H33N/c1-2-10-28(11-3-1)41-35-20-18-31-22-29-16-14-26-8-4-6-12-33(26)37(29)24-39(31)42(35)44-43-36(41)21-19-32-23-30-17-15-27-9-5-7-13-34(27)38(30)25-40(32)43/h1-13,22-25H,14-21H2. The first-order chi connectivity index (χ1) is 21.8. The van der Waals surface area contributed by atoms with Crippen molar-refractivity contribution in [3.05, 3.63) is 148 Å². The lowest BCUT2D eigenvalue weighted by atomic mass is 9.75. The normalized spacial score (nSPS) is 15.0. The van der Waals surface area contributed by atoms with Crippen LogP contribution in [0, 0.1) is 0 Å². The zero-order chi connectivity index (χ0) is 28.8. The Bertz CT molecular complexity index is 2030. The smallest absolute Gasteiger partial charge is 0.0751 e. The molecule has 0 unspecified atom stereocenters. The van der Waals surface area contributed by atoms with Crippen LogP contribution in [0.1, 0.15) is 44.5 Å². The van der Waals surface area contributed by atoms with Gasteiger partial charge in [0.25, 0.3) is 0 Å². The van der Waals surface area contributed by atoms with E-state index in [9.17, 15) is 0 Å². The average molecular weight is 564 g/mol. The fourth-order valence-electron chi connectivity index (χ4n) is 8.77. The molecule has 1 aromatic heterocycles. The summed E-state index contributed by atoms with van der Waals surface area (Å²) in [6.07, 6.45) is 8.77. The van der Waals surface area contributed by atoms with Gasteiger partial charge < -0.3 is 0 Å². The summed E-state index contributed by atoms with van der Waals surface area (Å²) in [5.41, 5.74) is 25.3. The summed E-state index contributed by atoms with van der Waals surface area (Å²) < 4.78 is 0. The van der Waals surface area contributed by atoms with Gasteiger partial charge in [-0.05, 0) is 141 Å². The number of benzene rings is 5. The summed E-state index contributed by atoms with van der Waals surface area (Å²) in [6, 6.07) is 39.2. The highest BCUT2D eigenvalue weighted by Crippen LogP contribution is 2.49. The minimum atomic E-state index is 1.05. The molecule has 0 saturated carbocycles. The molecule has 0 atom stereocenters. The van der Waals surface area contributed by atoms with Gasteiger partial charge in [-0.25, -0.2) is 4.98 Å². The van der Waals surface area contributed by atoms with E-state index in [1.54, 1.807) is 0 Å². The molecule has 0 bridgehead atoms. The van der Waals surface area contributed by atoms with Crippen molar-refractivity contribution in [2.24, 2.45) is 0 Å². The van der Waals surface area contributed by atoms with Crippen LogP contribution < -0.4 is 0 Å². The Morgan fingerprint density at radius 2 is 0.773 bits per heavy atom. The predicted molar refractivity (Wildman–Crippen MR) is 181 cm³/mol. The van der Waals surface area contributed by atoms with Gasteiger partial charge in [0, 0.05) is 11.1 Å². The molecule has 0 aliphatic heterocycles. The van der Waals surface area contributed by atoms with E-state index in [0.717, 1.165) is 51.4 Å². The molecule has 4 aliphatic carbocycles. The van der Waals surface area contributed by atoms with E-state index in [0.29, 0.717) is 0 Å². The largest absolute Gasteiger partial charge is 0.247 e. The highest BCUT2D eigenvalue weighted by Gasteiger charge is 2.31. The Labute approximate surface area is 259 Å². The van der Waals surface area contributed by atoms with Crippen LogP contribution in [0.3, 0.4) is 0 Å². The van der Waals surface area contributed by atoms with Crippen molar-refractivity contribution in [1.82, 2.24) is 4.98 Å². The number of pyridine rings is 1. The van der Waals surface area contributed by atoms with Crippen LogP contribution in [0.5, 0.6) is 0 Å². The van der Waals surface area contributed by atoms with Gasteiger partial charge in [0.15, 0.2) is 0 Å². The second-order valence-corrected chi connectivity index (χ2v) is 13.2. The molecule has 44 heavy (non-hydrogen) atoms. The molecule has 0 fully saturated rings. The molecule has 0 spiro atoms. The number of hydrogen-bond donors (Lipinski definition) is 0. The molecular weight excluding hydrogens is 530 g/mol. The summed E-state index contributed by atoms with van der Waals surface area (Å²) >= 11 is 0. The van der Waals surface area contributed by atoms with Gasteiger partial charge in [-0.15, -0.1) is 0 Å². The molecule has 1 heteroatoms. The van der Waals surface area contributed by atoms with Crippen LogP contribution in [0.25, 0.3) is 55.9 Å². The molecule has 0 N–H and O–H groups in total. The van der Waals surface area contributed by atoms with E-state index in [4.69, 9.17) is 4.98 Å². The highest BCUT2D eigenvalue weighted by atomic mass is 14.7. The molecular formula is C43H33N. The summed E-state index contributed by atoms with van der Waals surface area (Å²) in [5.74, 6) is 0. The highest BCUT2D eigenvalue weighted by molar-refractivity contribution is 5.91. The second-order valence-electron chi connectivity index (χ2n) is 13.2. The summed E-state index contributed by atoms with van der Waals surface area (Å²) in [6.45, 7) is 0. The number of aromatic nitrogens is 1. The fraction of sp³-hybridized carbons (Fsp3) is 0.186. The fourth-order valence-corrected chi connectivity index (χ4v) is 8.77. The van der Waals surface area contributed by atoms with Crippen LogP contribution in [-0.2, 0) is 51.4 Å². The Kier molecular flexibility index (Phi) is 5.25. The van der Waals surface area contributed by atoms with Crippen LogP contribution >= 0.6 is 0 Å². The zero-order valence-corrected chi connectivity index (χ0v) is 24.9. The molecule has 4 aliphatic rings. The maximum Gasteiger partial charge on any atom is 0.0751 e. The SMILES string of the molecule is c1ccc(-c2c3c(nc4c2CCc2cc5c(cc2-4)-c2ccccc2CC5)-c2cc4c(cc2CC3)CCc2ccccc2-4)cc1. The Balaban J connectivity index is 1.25. The number of rotatable bonds is 1. The molecule has 1 nitrogen and oxygen atoms in total. The lowest BCUT2D eigenvalue weighted by Gasteiger charge is -2.31. The number of hydrogen-bond acceptors (Lipinski definition) is 1. The van der Waals surface area contributed by atoms with Crippen LogP contribution in [0.4, 0.5) is 0 Å².